The van der Waals surface area contributed by atoms with Crippen LogP contribution in [0, 0.1) is 0 Å². The molecular weight excluding hydrogens is 350 g/mol. The highest BCUT2D eigenvalue weighted by Crippen LogP contribution is 2.24. The molecule has 3 aromatic rings. The normalized spacial score (nSPS) is 12.2. The third-order valence-electron chi connectivity index (χ3n) is 4.32. The number of thiazole rings is 1. The smallest absolute Gasteiger partial charge is 0.326 e. The van der Waals surface area contributed by atoms with Crippen LogP contribution in [-0.2, 0) is 22.4 Å². The molecule has 26 heavy (non-hydrogen) atoms. The molecule has 1 amide bonds. The van der Waals surface area contributed by atoms with Gasteiger partial charge in [-0.05, 0) is 18.4 Å². The number of nitrogens with zero attached hydrogens (tertiary/aromatic N) is 2. The number of aromatic nitrogens is 2. The van der Waals surface area contributed by atoms with Gasteiger partial charge in [0.15, 0.2) is 4.96 Å². The van der Waals surface area contributed by atoms with Gasteiger partial charge in [-0.3, -0.25) is 9.20 Å². The second kappa shape index (κ2) is 7.70. The van der Waals surface area contributed by atoms with Crippen LogP contribution in [0.1, 0.15) is 31.5 Å². The fourth-order valence-electron chi connectivity index (χ4n) is 2.76. The van der Waals surface area contributed by atoms with Crippen LogP contribution in [0.4, 0.5) is 0 Å². The average Bonchev–Trinajstić information content (AvgIpc) is 3.21. The number of carboxylic acids is 1. The van der Waals surface area contributed by atoms with E-state index in [2.05, 4.69) is 41.5 Å². The van der Waals surface area contributed by atoms with Crippen molar-refractivity contribution in [3.63, 3.8) is 0 Å². The van der Waals surface area contributed by atoms with Crippen LogP contribution in [0.25, 0.3) is 16.2 Å². The number of imidazole rings is 1. The molecule has 3 rings (SSSR count). The predicted octanol–water partition coefficient (Wildman–Crippen LogP) is 3.15. The van der Waals surface area contributed by atoms with Crippen molar-refractivity contribution in [2.24, 2.45) is 0 Å². The Labute approximate surface area is 155 Å². The molecule has 0 aliphatic heterocycles. The summed E-state index contributed by atoms with van der Waals surface area (Å²) in [7, 11) is 0. The highest BCUT2D eigenvalue weighted by atomic mass is 32.1. The van der Waals surface area contributed by atoms with Crippen LogP contribution in [0.2, 0.25) is 0 Å². The van der Waals surface area contributed by atoms with Gasteiger partial charge in [0.05, 0.1) is 12.1 Å². The third-order valence-corrected chi connectivity index (χ3v) is 5.21. The number of hydrogen-bond acceptors (Lipinski definition) is 4. The van der Waals surface area contributed by atoms with Crippen LogP contribution < -0.4 is 5.32 Å². The summed E-state index contributed by atoms with van der Waals surface area (Å²) in [4.78, 5) is 28.7. The fraction of sp³-hybridized carbons (Fsp3) is 0.316. The number of carbonyl (C=O) groups excluding carboxylic acids is 1. The Balaban J connectivity index is 1.79. The van der Waals surface area contributed by atoms with Crippen molar-refractivity contribution in [1.29, 1.82) is 0 Å². The molecule has 2 heterocycles. The number of aliphatic carboxylic acids is 1. The number of fused-ring (bicyclic) bond motifs is 1. The number of hydrogen-bond donors (Lipinski definition) is 2. The standard InChI is InChI=1S/C19H21N3O3S/c1-3-12-5-7-13(8-6-12)16-10-22-14(11-26-19(22)21-16)9-17(23)20-15(4-2)18(24)25/h5-8,10-11,15H,3-4,9H2,1-2H3,(H,20,23)(H,24,25). The van der Waals surface area contributed by atoms with E-state index in [9.17, 15) is 9.59 Å². The fourth-order valence-corrected chi connectivity index (χ4v) is 3.63. The zero-order chi connectivity index (χ0) is 18.7. The summed E-state index contributed by atoms with van der Waals surface area (Å²) < 4.78 is 1.90. The van der Waals surface area contributed by atoms with Crippen LogP contribution in [-0.4, -0.2) is 32.4 Å². The number of aryl methyl sites for hydroxylation is 1. The summed E-state index contributed by atoms with van der Waals surface area (Å²) >= 11 is 1.47. The lowest BCUT2D eigenvalue weighted by molar-refractivity contribution is -0.141. The quantitative estimate of drug-likeness (QED) is 0.668. The lowest BCUT2D eigenvalue weighted by Gasteiger charge is -2.11. The van der Waals surface area contributed by atoms with Crippen molar-refractivity contribution in [2.45, 2.75) is 39.2 Å². The van der Waals surface area contributed by atoms with E-state index in [4.69, 9.17) is 5.11 Å². The molecule has 0 radical (unpaired) electrons. The van der Waals surface area contributed by atoms with Crippen LogP contribution in [0.15, 0.2) is 35.8 Å². The highest BCUT2D eigenvalue weighted by Gasteiger charge is 2.19. The Kier molecular flexibility index (Phi) is 5.37. The maximum Gasteiger partial charge on any atom is 0.326 e. The Morgan fingerprint density at radius 2 is 2.00 bits per heavy atom. The molecule has 1 atom stereocenters. The molecule has 0 saturated carbocycles. The molecule has 0 fully saturated rings. The Hall–Kier alpha value is -2.67. The lowest BCUT2D eigenvalue weighted by Crippen LogP contribution is -2.41. The minimum atomic E-state index is -1.02. The van der Waals surface area contributed by atoms with Gasteiger partial charge in [-0.25, -0.2) is 9.78 Å². The van der Waals surface area contributed by atoms with Gasteiger partial charge in [0.25, 0.3) is 0 Å². The molecule has 1 unspecified atom stereocenters. The first-order valence-electron chi connectivity index (χ1n) is 8.58. The number of benzene rings is 1. The van der Waals surface area contributed by atoms with Crippen molar-refractivity contribution in [1.82, 2.24) is 14.7 Å². The predicted molar refractivity (Wildman–Crippen MR) is 101 cm³/mol. The number of carbonyl (C=O) groups is 2. The van der Waals surface area contributed by atoms with Gasteiger partial charge in [-0.2, -0.15) is 0 Å². The Bertz CT molecular complexity index is 927. The minimum Gasteiger partial charge on any atom is -0.480 e. The molecule has 6 nitrogen and oxygen atoms in total. The highest BCUT2D eigenvalue weighted by molar-refractivity contribution is 7.15. The monoisotopic (exact) mass is 371 g/mol. The average molecular weight is 371 g/mol. The van der Waals surface area contributed by atoms with E-state index < -0.39 is 12.0 Å². The zero-order valence-electron chi connectivity index (χ0n) is 14.7. The maximum absolute atomic E-state index is 12.2. The first-order chi connectivity index (χ1) is 12.5. The van der Waals surface area contributed by atoms with E-state index in [0.29, 0.717) is 6.42 Å². The molecule has 0 bridgehead atoms. The zero-order valence-corrected chi connectivity index (χ0v) is 15.5. The molecule has 0 aliphatic carbocycles. The molecule has 0 aliphatic rings. The number of nitrogens with one attached hydrogen (secondary N) is 1. The summed E-state index contributed by atoms with van der Waals surface area (Å²) in [5.41, 5.74) is 3.96. The molecule has 2 N–H and O–H groups in total. The largest absolute Gasteiger partial charge is 0.480 e. The first-order valence-corrected chi connectivity index (χ1v) is 9.46. The van der Waals surface area contributed by atoms with E-state index in [0.717, 1.165) is 28.3 Å². The van der Waals surface area contributed by atoms with Gasteiger partial charge in [0.2, 0.25) is 5.91 Å². The van der Waals surface area contributed by atoms with Gasteiger partial charge in [-0.15, -0.1) is 11.3 Å². The van der Waals surface area contributed by atoms with E-state index >= 15 is 0 Å². The van der Waals surface area contributed by atoms with Crippen molar-refractivity contribution in [2.75, 3.05) is 0 Å². The number of carboxylic acid groups (broad SMARTS) is 1. The van der Waals surface area contributed by atoms with Crippen molar-refractivity contribution < 1.29 is 14.7 Å². The molecule has 7 heteroatoms. The third kappa shape index (κ3) is 3.77. The van der Waals surface area contributed by atoms with Gasteiger partial charge in [0.1, 0.15) is 6.04 Å². The SMILES string of the molecule is CCc1ccc(-c2cn3c(CC(=O)NC(CC)C(=O)O)csc3n2)cc1. The second-order valence-corrected chi connectivity index (χ2v) is 6.94. The summed E-state index contributed by atoms with van der Waals surface area (Å²) in [6.07, 6.45) is 3.38. The van der Waals surface area contributed by atoms with Crippen molar-refractivity contribution in [3.8, 4) is 11.3 Å². The number of rotatable bonds is 7. The van der Waals surface area contributed by atoms with E-state index in [-0.39, 0.29) is 12.3 Å². The number of amides is 1. The van der Waals surface area contributed by atoms with Crippen molar-refractivity contribution >= 4 is 28.2 Å². The first kappa shape index (κ1) is 18.1. The lowest BCUT2D eigenvalue weighted by atomic mass is 10.1. The maximum atomic E-state index is 12.2. The van der Waals surface area contributed by atoms with E-state index in [1.54, 1.807) is 6.92 Å². The molecule has 1 aromatic carbocycles. The topological polar surface area (TPSA) is 83.7 Å². The van der Waals surface area contributed by atoms with Gasteiger partial charge in [-0.1, -0.05) is 38.1 Å². The second-order valence-electron chi connectivity index (χ2n) is 6.10. The van der Waals surface area contributed by atoms with Crippen LogP contribution >= 0.6 is 11.3 Å². The van der Waals surface area contributed by atoms with E-state index in [1.807, 2.05) is 16.0 Å². The Morgan fingerprint density at radius 1 is 1.27 bits per heavy atom. The summed E-state index contributed by atoms with van der Waals surface area (Å²) in [5.74, 6) is -1.32. The van der Waals surface area contributed by atoms with Crippen LogP contribution in [0.5, 0.6) is 0 Å². The molecule has 0 saturated heterocycles. The van der Waals surface area contributed by atoms with Crippen LogP contribution in [0.3, 0.4) is 0 Å². The molecule has 2 aromatic heterocycles. The van der Waals surface area contributed by atoms with Crippen molar-refractivity contribution in [3.05, 3.63) is 47.1 Å². The van der Waals surface area contributed by atoms with Gasteiger partial charge in [0, 0.05) is 22.8 Å². The molecule has 0 spiro atoms. The summed E-state index contributed by atoms with van der Waals surface area (Å²) in [6, 6.07) is 7.43. The molecule has 136 valence electrons. The summed E-state index contributed by atoms with van der Waals surface area (Å²) in [5, 5.41) is 13.5. The van der Waals surface area contributed by atoms with Gasteiger partial charge < -0.3 is 10.4 Å². The minimum absolute atomic E-state index is 0.119. The van der Waals surface area contributed by atoms with Gasteiger partial charge >= 0.3 is 5.97 Å². The Morgan fingerprint density at radius 3 is 2.62 bits per heavy atom. The van der Waals surface area contributed by atoms with E-state index in [1.165, 1.54) is 16.9 Å². The molecular formula is C19H21N3O3S. The summed E-state index contributed by atoms with van der Waals surface area (Å²) in [6.45, 7) is 3.85.